The fourth-order valence-corrected chi connectivity index (χ4v) is 3.94. The van der Waals surface area contributed by atoms with Crippen LogP contribution in [-0.4, -0.2) is 30.1 Å². The van der Waals surface area contributed by atoms with E-state index >= 15 is 0 Å². The lowest BCUT2D eigenvalue weighted by Crippen LogP contribution is -2.39. The van der Waals surface area contributed by atoms with Crippen LogP contribution in [0.3, 0.4) is 0 Å². The SMILES string of the molecule is CCCc1nc(NC)cc(N2CCC3(CCCC3)CC2)n1. The molecule has 0 amide bonds. The molecule has 1 saturated carbocycles. The van der Waals surface area contributed by atoms with Crippen LogP contribution in [0.1, 0.15) is 57.7 Å². The van der Waals surface area contributed by atoms with Crippen LogP contribution >= 0.6 is 0 Å². The van der Waals surface area contributed by atoms with E-state index in [-0.39, 0.29) is 0 Å². The van der Waals surface area contributed by atoms with Crippen molar-refractivity contribution in [3.8, 4) is 0 Å². The van der Waals surface area contributed by atoms with E-state index in [1.54, 1.807) is 0 Å². The molecule has 0 bridgehead atoms. The lowest BCUT2D eigenvalue weighted by atomic mass is 9.77. The molecule has 0 atom stereocenters. The maximum atomic E-state index is 4.78. The number of aryl methyl sites for hydroxylation is 1. The number of piperidine rings is 1. The zero-order valence-electron chi connectivity index (χ0n) is 13.5. The van der Waals surface area contributed by atoms with Gasteiger partial charge in [0.05, 0.1) is 0 Å². The highest BCUT2D eigenvalue weighted by atomic mass is 15.2. The van der Waals surface area contributed by atoms with Crippen molar-refractivity contribution in [3.05, 3.63) is 11.9 Å². The summed E-state index contributed by atoms with van der Waals surface area (Å²) in [6.07, 6.45) is 10.5. The van der Waals surface area contributed by atoms with Crippen molar-refractivity contribution in [1.82, 2.24) is 9.97 Å². The fourth-order valence-electron chi connectivity index (χ4n) is 3.94. The van der Waals surface area contributed by atoms with Gasteiger partial charge in [-0.15, -0.1) is 0 Å². The summed E-state index contributed by atoms with van der Waals surface area (Å²) in [6, 6.07) is 2.10. The number of nitrogens with one attached hydrogen (secondary N) is 1. The van der Waals surface area contributed by atoms with Gasteiger partial charge >= 0.3 is 0 Å². The van der Waals surface area contributed by atoms with Crippen molar-refractivity contribution in [3.63, 3.8) is 0 Å². The Morgan fingerprint density at radius 2 is 1.86 bits per heavy atom. The fraction of sp³-hybridized carbons (Fsp3) is 0.765. The third-order valence-corrected chi connectivity index (χ3v) is 5.30. The first-order valence-electron chi connectivity index (χ1n) is 8.55. The van der Waals surface area contributed by atoms with E-state index < -0.39 is 0 Å². The maximum absolute atomic E-state index is 4.78. The standard InChI is InChI=1S/C17H28N4/c1-3-6-14-19-15(18-2)13-16(20-14)21-11-9-17(10-12-21)7-4-5-8-17/h13H,3-12H2,1-2H3,(H,18,19,20). The van der Waals surface area contributed by atoms with Gasteiger partial charge in [0.15, 0.2) is 0 Å². The summed E-state index contributed by atoms with van der Waals surface area (Å²) in [5, 5.41) is 3.18. The molecule has 2 aliphatic rings. The van der Waals surface area contributed by atoms with E-state index in [0.29, 0.717) is 5.41 Å². The summed E-state index contributed by atoms with van der Waals surface area (Å²) in [7, 11) is 1.94. The van der Waals surface area contributed by atoms with Gasteiger partial charge in [0.25, 0.3) is 0 Å². The molecule has 1 spiro atoms. The Bertz CT molecular complexity index is 470. The quantitative estimate of drug-likeness (QED) is 0.918. The third kappa shape index (κ3) is 3.14. The Kier molecular flexibility index (Phi) is 4.32. The summed E-state index contributed by atoms with van der Waals surface area (Å²) in [6.45, 7) is 4.50. The van der Waals surface area contributed by atoms with Crippen molar-refractivity contribution in [2.24, 2.45) is 5.41 Å². The molecule has 1 aromatic heterocycles. The van der Waals surface area contributed by atoms with E-state index in [1.165, 1.54) is 38.5 Å². The molecule has 0 aromatic carbocycles. The predicted molar refractivity (Wildman–Crippen MR) is 87.9 cm³/mol. The molecular formula is C17H28N4. The van der Waals surface area contributed by atoms with E-state index in [2.05, 4.69) is 28.2 Å². The lowest BCUT2D eigenvalue weighted by molar-refractivity contribution is 0.226. The highest BCUT2D eigenvalue weighted by molar-refractivity contribution is 5.49. The number of anilines is 2. The number of nitrogens with zero attached hydrogens (tertiary/aromatic N) is 3. The van der Waals surface area contributed by atoms with Crippen LogP contribution in [0.15, 0.2) is 6.07 Å². The van der Waals surface area contributed by atoms with Gasteiger partial charge in [-0.3, -0.25) is 0 Å². The molecule has 0 unspecified atom stereocenters. The van der Waals surface area contributed by atoms with Crippen LogP contribution < -0.4 is 10.2 Å². The van der Waals surface area contributed by atoms with Gasteiger partial charge in [0.2, 0.25) is 0 Å². The minimum atomic E-state index is 0.668. The van der Waals surface area contributed by atoms with Crippen molar-refractivity contribution >= 4 is 11.6 Å². The van der Waals surface area contributed by atoms with E-state index in [0.717, 1.165) is 43.4 Å². The van der Waals surface area contributed by atoms with E-state index in [9.17, 15) is 0 Å². The van der Waals surface area contributed by atoms with Crippen molar-refractivity contribution in [1.29, 1.82) is 0 Å². The largest absolute Gasteiger partial charge is 0.373 e. The molecule has 2 fully saturated rings. The van der Waals surface area contributed by atoms with Crippen LogP contribution in [0.4, 0.5) is 11.6 Å². The molecule has 4 nitrogen and oxygen atoms in total. The second-order valence-electron chi connectivity index (χ2n) is 6.72. The molecule has 116 valence electrons. The Labute approximate surface area is 128 Å². The van der Waals surface area contributed by atoms with Crippen LogP contribution in [0.25, 0.3) is 0 Å². The summed E-state index contributed by atoms with van der Waals surface area (Å²) in [5.41, 5.74) is 0.668. The molecule has 1 aliphatic carbocycles. The summed E-state index contributed by atoms with van der Waals surface area (Å²) in [4.78, 5) is 11.8. The van der Waals surface area contributed by atoms with Crippen molar-refractivity contribution < 1.29 is 0 Å². The van der Waals surface area contributed by atoms with Gasteiger partial charge in [0.1, 0.15) is 17.5 Å². The molecule has 1 aromatic rings. The normalized spacial score (nSPS) is 21.0. The highest BCUT2D eigenvalue weighted by Crippen LogP contribution is 2.46. The average molecular weight is 288 g/mol. The summed E-state index contributed by atoms with van der Waals surface area (Å²) >= 11 is 0. The van der Waals surface area contributed by atoms with Crippen LogP contribution in [0, 0.1) is 5.41 Å². The second kappa shape index (κ2) is 6.20. The minimum Gasteiger partial charge on any atom is -0.373 e. The maximum Gasteiger partial charge on any atom is 0.134 e. The Morgan fingerprint density at radius 1 is 1.14 bits per heavy atom. The lowest BCUT2D eigenvalue weighted by Gasteiger charge is -2.40. The van der Waals surface area contributed by atoms with Crippen molar-refractivity contribution in [2.45, 2.75) is 58.3 Å². The Morgan fingerprint density at radius 3 is 2.48 bits per heavy atom. The molecule has 3 rings (SSSR count). The highest BCUT2D eigenvalue weighted by Gasteiger charge is 2.37. The van der Waals surface area contributed by atoms with Crippen LogP contribution in [0.5, 0.6) is 0 Å². The average Bonchev–Trinajstić information content (AvgIpc) is 2.96. The molecule has 2 heterocycles. The van der Waals surface area contributed by atoms with Gasteiger partial charge in [-0.25, -0.2) is 9.97 Å². The van der Waals surface area contributed by atoms with Crippen molar-refractivity contribution in [2.75, 3.05) is 30.4 Å². The van der Waals surface area contributed by atoms with Gasteiger partial charge in [-0.1, -0.05) is 19.8 Å². The van der Waals surface area contributed by atoms with E-state index in [4.69, 9.17) is 4.98 Å². The first-order valence-corrected chi connectivity index (χ1v) is 8.55. The van der Waals surface area contributed by atoms with Crippen LogP contribution in [0.2, 0.25) is 0 Å². The number of hydrogen-bond donors (Lipinski definition) is 1. The molecule has 0 radical (unpaired) electrons. The number of aromatic nitrogens is 2. The molecular weight excluding hydrogens is 260 g/mol. The van der Waals surface area contributed by atoms with Gasteiger partial charge in [-0.2, -0.15) is 0 Å². The molecule has 21 heavy (non-hydrogen) atoms. The predicted octanol–water partition coefficient (Wildman–Crippen LogP) is 3.63. The summed E-state index contributed by atoms with van der Waals surface area (Å²) in [5.74, 6) is 3.04. The van der Waals surface area contributed by atoms with Gasteiger partial charge in [-0.05, 0) is 37.5 Å². The minimum absolute atomic E-state index is 0.668. The Hall–Kier alpha value is -1.32. The molecule has 1 saturated heterocycles. The monoisotopic (exact) mass is 288 g/mol. The second-order valence-corrected chi connectivity index (χ2v) is 6.72. The molecule has 4 heteroatoms. The van der Waals surface area contributed by atoms with Crippen LogP contribution in [-0.2, 0) is 6.42 Å². The van der Waals surface area contributed by atoms with Gasteiger partial charge < -0.3 is 10.2 Å². The first-order chi connectivity index (χ1) is 10.2. The topological polar surface area (TPSA) is 41.1 Å². The smallest absolute Gasteiger partial charge is 0.134 e. The Balaban J connectivity index is 1.73. The number of rotatable bonds is 4. The molecule has 1 N–H and O–H groups in total. The molecule has 1 aliphatic heterocycles. The summed E-state index contributed by atoms with van der Waals surface area (Å²) < 4.78 is 0. The number of hydrogen-bond acceptors (Lipinski definition) is 4. The zero-order chi connectivity index (χ0) is 14.7. The van der Waals surface area contributed by atoms with E-state index in [1.807, 2.05) is 7.05 Å². The van der Waals surface area contributed by atoms with Gasteiger partial charge in [0, 0.05) is 32.6 Å². The third-order valence-electron chi connectivity index (χ3n) is 5.30. The zero-order valence-corrected chi connectivity index (χ0v) is 13.5. The first kappa shape index (κ1) is 14.6.